The standard InChI is InChI=1S/C14H21NO2/c1-16-10-12-4-2-6-14(8-12)15-9-13-5-3-7-17-11-13/h2,4,6,8,13,15H,3,5,7,9-11H2,1H3. The van der Waals surface area contributed by atoms with E-state index in [0.717, 1.165) is 19.8 Å². The van der Waals surface area contributed by atoms with Gasteiger partial charge in [-0.05, 0) is 36.5 Å². The summed E-state index contributed by atoms with van der Waals surface area (Å²) < 4.78 is 10.6. The fourth-order valence-electron chi connectivity index (χ4n) is 2.17. The first-order valence-electron chi connectivity index (χ1n) is 6.28. The predicted octanol–water partition coefficient (Wildman–Crippen LogP) is 2.67. The summed E-state index contributed by atoms with van der Waals surface area (Å²) in [6, 6.07) is 8.39. The van der Waals surface area contributed by atoms with Gasteiger partial charge in [0, 0.05) is 25.9 Å². The van der Waals surface area contributed by atoms with Crippen molar-refractivity contribution in [3.63, 3.8) is 0 Å². The van der Waals surface area contributed by atoms with Crippen molar-refractivity contribution in [2.45, 2.75) is 19.4 Å². The molecule has 0 saturated carbocycles. The van der Waals surface area contributed by atoms with E-state index in [1.54, 1.807) is 7.11 Å². The van der Waals surface area contributed by atoms with E-state index in [0.29, 0.717) is 12.5 Å². The van der Waals surface area contributed by atoms with Gasteiger partial charge in [-0.1, -0.05) is 12.1 Å². The molecule has 0 amide bonds. The molecule has 0 bridgehead atoms. The molecular formula is C14H21NO2. The summed E-state index contributed by atoms with van der Waals surface area (Å²) >= 11 is 0. The van der Waals surface area contributed by atoms with Crippen LogP contribution in [0.4, 0.5) is 5.69 Å². The zero-order chi connectivity index (χ0) is 11.9. The van der Waals surface area contributed by atoms with E-state index in [4.69, 9.17) is 9.47 Å². The van der Waals surface area contributed by atoms with Gasteiger partial charge in [0.15, 0.2) is 0 Å². The summed E-state index contributed by atoms with van der Waals surface area (Å²) in [6.07, 6.45) is 2.46. The Bertz CT molecular complexity index is 335. The van der Waals surface area contributed by atoms with Gasteiger partial charge in [-0.3, -0.25) is 0 Å². The average Bonchev–Trinajstić information content (AvgIpc) is 2.39. The second kappa shape index (κ2) is 6.62. The van der Waals surface area contributed by atoms with Gasteiger partial charge < -0.3 is 14.8 Å². The lowest BCUT2D eigenvalue weighted by molar-refractivity contribution is 0.0595. The molecule has 1 aliphatic rings. The number of hydrogen-bond acceptors (Lipinski definition) is 3. The Morgan fingerprint density at radius 1 is 1.47 bits per heavy atom. The molecule has 1 saturated heterocycles. The van der Waals surface area contributed by atoms with Crippen molar-refractivity contribution in [2.24, 2.45) is 5.92 Å². The quantitative estimate of drug-likeness (QED) is 0.851. The van der Waals surface area contributed by atoms with Crippen LogP contribution in [0.25, 0.3) is 0 Å². The summed E-state index contributed by atoms with van der Waals surface area (Å²) in [4.78, 5) is 0. The minimum absolute atomic E-state index is 0.648. The molecule has 3 nitrogen and oxygen atoms in total. The van der Waals surface area contributed by atoms with Gasteiger partial charge in [-0.25, -0.2) is 0 Å². The van der Waals surface area contributed by atoms with Crippen LogP contribution in [-0.4, -0.2) is 26.9 Å². The lowest BCUT2D eigenvalue weighted by Gasteiger charge is -2.22. The van der Waals surface area contributed by atoms with Crippen LogP contribution in [0.1, 0.15) is 18.4 Å². The van der Waals surface area contributed by atoms with Gasteiger partial charge in [0.05, 0.1) is 13.2 Å². The van der Waals surface area contributed by atoms with E-state index >= 15 is 0 Å². The van der Waals surface area contributed by atoms with E-state index in [2.05, 4.69) is 29.6 Å². The molecular weight excluding hydrogens is 214 g/mol. The molecule has 3 heteroatoms. The Morgan fingerprint density at radius 2 is 2.41 bits per heavy atom. The number of nitrogens with one attached hydrogen (secondary N) is 1. The normalized spacial score (nSPS) is 20.2. The maximum absolute atomic E-state index is 5.47. The molecule has 94 valence electrons. The summed E-state index contributed by atoms with van der Waals surface area (Å²) in [6.45, 7) is 3.49. The summed E-state index contributed by atoms with van der Waals surface area (Å²) in [5.74, 6) is 0.648. The van der Waals surface area contributed by atoms with Crippen LogP contribution in [0.3, 0.4) is 0 Å². The van der Waals surface area contributed by atoms with Crippen LogP contribution >= 0.6 is 0 Å². The molecule has 2 rings (SSSR count). The largest absolute Gasteiger partial charge is 0.385 e. The van der Waals surface area contributed by atoms with Crippen molar-refractivity contribution in [3.8, 4) is 0 Å². The fraction of sp³-hybridized carbons (Fsp3) is 0.571. The van der Waals surface area contributed by atoms with E-state index in [1.165, 1.54) is 24.1 Å². The zero-order valence-corrected chi connectivity index (χ0v) is 10.4. The van der Waals surface area contributed by atoms with Gasteiger partial charge in [-0.2, -0.15) is 0 Å². The highest BCUT2D eigenvalue weighted by molar-refractivity contribution is 5.45. The topological polar surface area (TPSA) is 30.5 Å². The van der Waals surface area contributed by atoms with Crippen molar-refractivity contribution in [2.75, 3.05) is 32.2 Å². The summed E-state index contributed by atoms with van der Waals surface area (Å²) in [7, 11) is 1.72. The van der Waals surface area contributed by atoms with Crippen LogP contribution in [0.2, 0.25) is 0 Å². The Balaban J connectivity index is 1.83. The van der Waals surface area contributed by atoms with Crippen molar-refractivity contribution < 1.29 is 9.47 Å². The van der Waals surface area contributed by atoms with Gasteiger partial charge in [0.1, 0.15) is 0 Å². The molecule has 1 N–H and O–H groups in total. The number of rotatable bonds is 5. The minimum atomic E-state index is 0.648. The molecule has 1 heterocycles. The molecule has 0 spiro atoms. The van der Waals surface area contributed by atoms with E-state index < -0.39 is 0 Å². The Hall–Kier alpha value is -1.06. The number of anilines is 1. The molecule has 1 aromatic rings. The number of benzene rings is 1. The van der Waals surface area contributed by atoms with Crippen molar-refractivity contribution >= 4 is 5.69 Å². The molecule has 0 aromatic heterocycles. The predicted molar refractivity (Wildman–Crippen MR) is 69.2 cm³/mol. The van der Waals surface area contributed by atoms with Crippen LogP contribution in [-0.2, 0) is 16.1 Å². The highest BCUT2D eigenvalue weighted by Crippen LogP contribution is 2.16. The smallest absolute Gasteiger partial charge is 0.0713 e. The van der Waals surface area contributed by atoms with Gasteiger partial charge in [0.2, 0.25) is 0 Å². The third kappa shape index (κ3) is 4.02. The fourth-order valence-corrected chi connectivity index (χ4v) is 2.17. The monoisotopic (exact) mass is 235 g/mol. The molecule has 1 fully saturated rings. The average molecular weight is 235 g/mol. The number of ether oxygens (including phenoxy) is 2. The molecule has 0 radical (unpaired) electrons. The van der Waals surface area contributed by atoms with Crippen molar-refractivity contribution in [1.82, 2.24) is 0 Å². The van der Waals surface area contributed by atoms with E-state index in [9.17, 15) is 0 Å². The maximum atomic E-state index is 5.47. The van der Waals surface area contributed by atoms with Crippen LogP contribution in [0.5, 0.6) is 0 Å². The first-order chi connectivity index (χ1) is 8.38. The van der Waals surface area contributed by atoms with Crippen molar-refractivity contribution in [1.29, 1.82) is 0 Å². The lowest BCUT2D eigenvalue weighted by Crippen LogP contribution is -2.24. The Kier molecular flexibility index (Phi) is 4.83. The van der Waals surface area contributed by atoms with Gasteiger partial charge in [0.25, 0.3) is 0 Å². The van der Waals surface area contributed by atoms with Gasteiger partial charge in [-0.15, -0.1) is 0 Å². The zero-order valence-electron chi connectivity index (χ0n) is 10.4. The van der Waals surface area contributed by atoms with Crippen LogP contribution in [0, 0.1) is 5.92 Å². The van der Waals surface area contributed by atoms with E-state index in [-0.39, 0.29) is 0 Å². The molecule has 1 aromatic carbocycles. The molecule has 1 unspecified atom stereocenters. The highest BCUT2D eigenvalue weighted by atomic mass is 16.5. The summed E-state index contributed by atoms with van der Waals surface area (Å²) in [5, 5.41) is 3.48. The highest BCUT2D eigenvalue weighted by Gasteiger charge is 2.13. The molecule has 0 aliphatic carbocycles. The Morgan fingerprint density at radius 3 is 3.18 bits per heavy atom. The number of hydrogen-bond donors (Lipinski definition) is 1. The molecule has 1 atom stereocenters. The first-order valence-corrected chi connectivity index (χ1v) is 6.28. The maximum Gasteiger partial charge on any atom is 0.0713 e. The van der Waals surface area contributed by atoms with Crippen LogP contribution in [0.15, 0.2) is 24.3 Å². The SMILES string of the molecule is COCc1cccc(NCC2CCCOC2)c1. The Labute approximate surface area is 103 Å². The third-order valence-corrected chi connectivity index (χ3v) is 3.09. The van der Waals surface area contributed by atoms with E-state index in [1.807, 2.05) is 0 Å². The second-order valence-electron chi connectivity index (χ2n) is 4.60. The van der Waals surface area contributed by atoms with Gasteiger partial charge >= 0.3 is 0 Å². The summed E-state index contributed by atoms with van der Waals surface area (Å²) in [5.41, 5.74) is 2.38. The second-order valence-corrected chi connectivity index (χ2v) is 4.60. The number of methoxy groups -OCH3 is 1. The van der Waals surface area contributed by atoms with Crippen LogP contribution < -0.4 is 5.32 Å². The lowest BCUT2D eigenvalue weighted by atomic mass is 10.0. The first kappa shape index (κ1) is 12.4. The third-order valence-electron chi connectivity index (χ3n) is 3.09. The molecule has 1 aliphatic heterocycles. The molecule has 17 heavy (non-hydrogen) atoms. The van der Waals surface area contributed by atoms with Crippen molar-refractivity contribution in [3.05, 3.63) is 29.8 Å². The minimum Gasteiger partial charge on any atom is -0.385 e.